The highest BCUT2D eigenvalue weighted by Gasteiger charge is 2.16. The number of nitrogens with zero attached hydrogens (tertiary/aromatic N) is 2. The second-order valence-electron chi connectivity index (χ2n) is 6.86. The van der Waals surface area contributed by atoms with Gasteiger partial charge in [-0.15, -0.1) is 12.4 Å². The van der Waals surface area contributed by atoms with Crippen molar-refractivity contribution >= 4 is 35.1 Å². The van der Waals surface area contributed by atoms with Crippen LogP contribution in [-0.2, 0) is 12.3 Å². The third kappa shape index (κ3) is 4.18. The molecule has 0 saturated heterocycles. The smallest absolute Gasteiger partial charge is 0.121 e. The minimum absolute atomic E-state index is 0. The fraction of sp³-hybridized carbons (Fsp3) is 0.381. The molecule has 0 bridgehead atoms. The second-order valence-corrected chi connectivity index (χ2v) is 7.83. The molecule has 1 aromatic carbocycles. The van der Waals surface area contributed by atoms with Gasteiger partial charge >= 0.3 is 0 Å². The molecular weight excluding hydrogens is 364 g/mol. The number of methoxy groups -OCH3 is 1. The average Bonchev–Trinajstić information content (AvgIpc) is 2.85. The Morgan fingerprint density at radius 2 is 1.81 bits per heavy atom. The van der Waals surface area contributed by atoms with Crippen LogP contribution in [0.4, 0.5) is 0 Å². The molecule has 0 N–H and O–H groups in total. The highest BCUT2D eigenvalue weighted by Crippen LogP contribution is 2.34. The van der Waals surface area contributed by atoms with Crippen LogP contribution in [0.2, 0.25) is 0 Å². The molecule has 0 atom stereocenters. The molecule has 0 aliphatic carbocycles. The molecule has 0 aliphatic rings. The van der Waals surface area contributed by atoms with Crippen LogP contribution in [0.5, 0.6) is 5.75 Å². The van der Waals surface area contributed by atoms with Crippen molar-refractivity contribution in [2.45, 2.75) is 45.0 Å². The zero-order valence-electron chi connectivity index (χ0n) is 16.1. The van der Waals surface area contributed by atoms with Crippen molar-refractivity contribution in [3.8, 4) is 5.75 Å². The predicted molar refractivity (Wildman–Crippen MR) is 114 cm³/mol. The average molecular weight is 391 g/mol. The fourth-order valence-electron chi connectivity index (χ4n) is 3.14. The van der Waals surface area contributed by atoms with E-state index in [1.54, 1.807) is 18.9 Å². The van der Waals surface area contributed by atoms with Crippen LogP contribution in [0.25, 0.3) is 10.9 Å². The molecule has 0 fully saturated rings. The Morgan fingerprint density at radius 1 is 1.12 bits per heavy atom. The molecule has 5 heteroatoms. The Kier molecular flexibility index (Phi) is 7.01. The molecule has 3 nitrogen and oxygen atoms in total. The maximum atomic E-state index is 5.24. The lowest BCUT2D eigenvalue weighted by Gasteiger charge is -2.13. The first-order valence-electron chi connectivity index (χ1n) is 8.71. The zero-order valence-corrected chi connectivity index (χ0v) is 17.7. The topological polar surface area (TPSA) is 27.1 Å². The molecule has 26 heavy (non-hydrogen) atoms. The number of rotatable bonds is 6. The molecule has 2 heterocycles. The molecule has 2 aromatic heterocycles. The maximum absolute atomic E-state index is 5.24. The summed E-state index contributed by atoms with van der Waals surface area (Å²) in [5.41, 5.74) is 5.28. The van der Waals surface area contributed by atoms with Crippen LogP contribution < -0.4 is 4.74 Å². The Hall–Kier alpha value is -1.65. The summed E-state index contributed by atoms with van der Waals surface area (Å²) in [5.74, 6) is 2.40. The number of hydrogen-bond donors (Lipinski definition) is 0. The second kappa shape index (κ2) is 8.83. The normalized spacial score (nSPS) is 11.0. The number of aromatic nitrogens is 2. The van der Waals surface area contributed by atoms with E-state index in [-0.39, 0.29) is 12.4 Å². The molecule has 140 valence electrons. The number of benzene rings is 1. The van der Waals surface area contributed by atoms with Gasteiger partial charge in [-0.25, -0.2) is 4.98 Å². The lowest BCUT2D eigenvalue weighted by Crippen LogP contribution is -2.07. The van der Waals surface area contributed by atoms with E-state index in [0.717, 1.165) is 23.1 Å². The molecule has 3 aromatic rings. The van der Waals surface area contributed by atoms with Gasteiger partial charge in [0.2, 0.25) is 0 Å². The Morgan fingerprint density at radius 3 is 2.42 bits per heavy atom. The summed E-state index contributed by atoms with van der Waals surface area (Å²) in [5, 5.41) is 2.44. The third-order valence-corrected chi connectivity index (χ3v) is 5.64. The molecule has 3 rings (SSSR count). The highest BCUT2D eigenvalue weighted by molar-refractivity contribution is 7.98. The van der Waals surface area contributed by atoms with Crippen LogP contribution >= 0.6 is 24.2 Å². The van der Waals surface area contributed by atoms with E-state index in [9.17, 15) is 0 Å². The first-order chi connectivity index (χ1) is 12.0. The molecule has 0 radical (unpaired) electrons. The SMILES string of the molecule is COc1ccc(CSc2nccc3c(C)c(C)n(CC(C)C)c23)cc1.Cl. The van der Waals surface area contributed by atoms with Crippen molar-refractivity contribution in [3.63, 3.8) is 0 Å². The third-order valence-electron chi connectivity index (χ3n) is 4.59. The van der Waals surface area contributed by atoms with Crippen molar-refractivity contribution in [1.82, 2.24) is 9.55 Å². The Balaban J connectivity index is 0.00000243. The minimum atomic E-state index is 0. The summed E-state index contributed by atoms with van der Waals surface area (Å²) in [6.07, 6.45) is 1.94. The number of fused-ring (bicyclic) bond motifs is 1. The number of hydrogen-bond acceptors (Lipinski definition) is 3. The molecule has 0 unspecified atom stereocenters. The summed E-state index contributed by atoms with van der Waals surface area (Å²) in [6, 6.07) is 10.4. The van der Waals surface area contributed by atoms with Gasteiger partial charge in [0, 0.05) is 29.6 Å². The van der Waals surface area contributed by atoms with Gasteiger partial charge in [0.1, 0.15) is 10.8 Å². The standard InChI is InChI=1S/C21H26N2OS.ClH/c1-14(2)12-23-16(4)15(3)19-10-11-22-21(20(19)23)25-13-17-6-8-18(24-5)9-7-17;/h6-11,14H,12-13H2,1-5H3;1H. The van der Waals surface area contributed by atoms with Crippen LogP contribution in [0.1, 0.15) is 30.7 Å². The molecule has 0 spiro atoms. The Bertz CT molecular complexity index is 872. The minimum Gasteiger partial charge on any atom is -0.497 e. The van der Waals surface area contributed by atoms with Gasteiger partial charge in [-0.3, -0.25) is 0 Å². The van der Waals surface area contributed by atoms with E-state index in [0.29, 0.717) is 5.92 Å². The van der Waals surface area contributed by atoms with Gasteiger partial charge in [-0.05, 0) is 49.1 Å². The monoisotopic (exact) mass is 390 g/mol. The van der Waals surface area contributed by atoms with Gasteiger partial charge in [-0.2, -0.15) is 0 Å². The fourth-order valence-corrected chi connectivity index (χ4v) is 4.12. The lowest BCUT2D eigenvalue weighted by molar-refractivity contribution is 0.414. The number of aryl methyl sites for hydroxylation is 1. The van der Waals surface area contributed by atoms with E-state index in [1.165, 1.54) is 27.7 Å². The number of thioether (sulfide) groups is 1. The number of pyridine rings is 1. The van der Waals surface area contributed by atoms with Crippen LogP contribution in [0, 0.1) is 19.8 Å². The first kappa shape index (κ1) is 20.7. The summed E-state index contributed by atoms with van der Waals surface area (Å²) < 4.78 is 7.68. The molecular formula is C21H27ClN2OS. The molecule has 0 aliphatic heterocycles. The largest absolute Gasteiger partial charge is 0.497 e. The van der Waals surface area contributed by atoms with Gasteiger partial charge in [0.15, 0.2) is 0 Å². The maximum Gasteiger partial charge on any atom is 0.121 e. The van der Waals surface area contributed by atoms with Gasteiger partial charge in [0.25, 0.3) is 0 Å². The van der Waals surface area contributed by atoms with Crippen LogP contribution in [0.3, 0.4) is 0 Å². The number of halogens is 1. The van der Waals surface area contributed by atoms with E-state index in [2.05, 4.69) is 50.5 Å². The summed E-state index contributed by atoms with van der Waals surface area (Å²) >= 11 is 1.81. The van der Waals surface area contributed by atoms with Gasteiger partial charge < -0.3 is 9.30 Å². The van der Waals surface area contributed by atoms with E-state index in [4.69, 9.17) is 9.72 Å². The van der Waals surface area contributed by atoms with Crippen molar-refractivity contribution in [3.05, 3.63) is 53.3 Å². The predicted octanol–water partition coefficient (Wildman–Crippen LogP) is 6.03. The van der Waals surface area contributed by atoms with E-state index < -0.39 is 0 Å². The summed E-state index contributed by atoms with van der Waals surface area (Å²) in [7, 11) is 1.70. The van der Waals surface area contributed by atoms with Gasteiger partial charge in [0.05, 0.1) is 12.6 Å². The van der Waals surface area contributed by atoms with E-state index in [1.807, 2.05) is 18.3 Å². The van der Waals surface area contributed by atoms with Crippen molar-refractivity contribution in [1.29, 1.82) is 0 Å². The van der Waals surface area contributed by atoms with Crippen molar-refractivity contribution < 1.29 is 4.74 Å². The van der Waals surface area contributed by atoms with Crippen LogP contribution in [0.15, 0.2) is 41.6 Å². The Labute approximate surface area is 166 Å². The zero-order chi connectivity index (χ0) is 18.0. The number of ether oxygens (including phenoxy) is 1. The first-order valence-corrected chi connectivity index (χ1v) is 9.70. The van der Waals surface area contributed by atoms with Gasteiger partial charge in [-0.1, -0.05) is 37.7 Å². The summed E-state index contributed by atoms with van der Waals surface area (Å²) in [4.78, 5) is 4.70. The quantitative estimate of drug-likeness (QED) is 0.480. The van der Waals surface area contributed by atoms with Crippen LogP contribution in [-0.4, -0.2) is 16.7 Å². The lowest BCUT2D eigenvalue weighted by atomic mass is 10.2. The van der Waals surface area contributed by atoms with Crippen molar-refractivity contribution in [2.75, 3.05) is 7.11 Å². The van der Waals surface area contributed by atoms with E-state index >= 15 is 0 Å². The molecule has 0 saturated carbocycles. The summed E-state index contributed by atoms with van der Waals surface area (Å²) in [6.45, 7) is 9.99. The highest BCUT2D eigenvalue weighted by atomic mass is 35.5. The van der Waals surface area contributed by atoms with Crippen molar-refractivity contribution in [2.24, 2.45) is 5.92 Å². The molecule has 0 amide bonds.